The third-order valence-corrected chi connectivity index (χ3v) is 0.175. The Labute approximate surface area is 34.7 Å². The smallest absolute Gasteiger partial charge is 0.450 e. The lowest BCUT2D eigenvalue weighted by Crippen LogP contribution is -1.91. The van der Waals surface area contributed by atoms with Crippen molar-refractivity contribution in [1.82, 2.24) is 0 Å². The number of methoxy groups -OCH3 is 1. The molecule has 0 rings (SSSR count). The van der Waals surface area contributed by atoms with E-state index in [-0.39, 0.29) is 5.48 Å². The lowest BCUT2D eigenvalue weighted by molar-refractivity contribution is 0.114. The van der Waals surface area contributed by atoms with Gasteiger partial charge >= 0.3 is 6.16 Å². The molecule has 0 aliphatic heterocycles. The van der Waals surface area contributed by atoms with Crippen molar-refractivity contribution >= 4 is 6.16 Å². The Morgan fingerprint density at radius 1 is 1.83 bits per heavy atom. The van der Waals surface area contributed by atoms with Gasteiger partial charge < -0.3 is 15.3 Å². The number of rotatable bonds is 0. The number of hydrogen-bond acceptors (Lipinski definition) is 2. The number of carbonyl (C=O) groups is 1. The van der Waals surface area contributed by atoms with Gasteiger partial charge in [0, 0.05) is 0 Å². The Balaban J connectivity index is 0. The largest absolute Gasteiger partial charge is 0.505 e. The summed E-state index contributed by atoms with van der Waals surface area (Å²) < 4.78 is 3.67. The van der Waals surface area contributed by atoms with Crippen LogP contribution < -0.4 is 0 Å². The summed E-state index contributed by atoms with van der Waals surface area (Å²) in [5, 5.41) is 7.50. The molecule has 0 aliphatic rings. The van der Waals surface area contributed by atoms with E-state index in [4.69, 9.17) is 9.90 Å². The first-order valence-corrected chi connectivity index (χ1v) is 1.04. The highest BCUT2D eigenvalue weighted by Crippen LogP contribution is 1.60. The summed E-state index contributed by atoms with van der Waals surface area (Å²) >= 11 is 0. The highest BCUT2D eigenvalue weighted by Gasteiger charge is 1.80. The maximum absolute atomic E-state index is 9.15. The van der Waals surface area contributed by atoms with E-state index in [0.29, 0.717) is 0 Å². The zero-order valence-corrected chi connectivity index (χ0v) is 3.26. The molecule has 0 atom stereocenters. The van der Waals surface area contributed by atoms with Crippen molar-refractivity contribution in [2.24, 2.45) is 0 Å². The van der Waals surface area contributed by atoms with Crippen LogP contribution in [0, 0.1) is 0 Å². The monoisotopic (exact) mass is 94.0 g/mol. The normalized spacial score (nSPS) is 5.50. The summed E-state index contributed by atoms with van der Waals surface area (Å²) in [4.78, 5) is 9.15. The van der Waals surface area contributed by atoms with Gasteiger partial charge in [-0.25, -0.2) is 4.79 Å². The molecule has 0 heterocycles. The predicted molar refractivity (Wildman–Crippen MR) is 18.6 cm³/mol. The van der Waals surface area contributed by atoms with E-state index < -0.39 is 6.16 Å². The maximum Gasteiger partial charge on any atom is 0.505 e. The van der Waals surface area contributed by atoms with Crippen LogP contribution in [0.2, 0.25) is 0 Å². The lowest BCUT2D eigenvalue weighted by Gasteiger charge is -1.79. The summed E-state index contributed by atoms with van der Waals surface area (Å²) in [6, 6.07) is 0. The zero-order chi connectivity index (χ0) is 4.28. The van der Waals surface area contributed by atoms with Crippen molar-refractivity contribution in [3.05, 3.63) is 0 Å². The molecule has 0 saturated heterocycles. The van der Waals surface area contributed by atoms with Gasteiger partial charge in [0.05, 0.1) is 7.11 Å². The van der Waals surface area contributed by atoms with E-state index in [2.05, 4.69) is 4.74 Å². The highest BCUT2D eigenvalue weighted by molar-refractivity contribution is 5.56. The van der Waals surface area contributed by atoms with Gasteiger partial charge in [-0.1, -0.05) is 0 Å². The first-order valence-electron chi connectivity index (χ1n) is 1.04. The van der Waals surface area contributed by atoms with Crippen LogP contribution >= 0.6 is 0 Å². The standard InChI is InChI=1S/C2H4O3.H2O/c1-5-2(3)4;/h1H3,(H,3,4);1H2. The minimum atomic E-state index is -1.25. The van der Waals surface area contributed by atoms with E-state index >= 15 is 0 Å². The van der Waals surface area contributed by atoms with Crippen molar-refractivity contribution in [3.8, 4) is 0 Å². The van der Waals surface area contributed by atoms with Gasteiger partial charge in [0.2, 0.25) is 0 Å². The van der Waals surface area contributed by atoms with E-state index in [1.54, 1.807) is 0 Å². The molecule has 0 spiro atoms. The molecule has 3 N–H and O–H groups in total. The molecule has 0 saturated carbocycles. The number of hydrogen-bond donors (Lipinski definition) is 1. The van der Waals surface area contributed by atoms with E-state index in [0.717, 1.165) is 7.11 Å². The molecular formula is C2H6O4. The van der Waals surface area contributed by atoms with Crippen LogP contribution in [0.5, 0.6) is 0 Å². The third kappa shape index (κ3) is 10.6. The van der Waals surface area contributed by atoms with Crippen molar-refractivity contribution in [3.63, 3.8) is 0 Å². The second-order valence-electron chi connectivity index (χ2n) is 0.470. The van der Waals surface area contributed by atoms with Gasteiger partial charge in [-0.05, 0) is 0 Å². The highest BCUT2D eigenvalue weighted by atomic mass is 16.6. The van der Waals surface area contributed by atoms with Crippen LogP contribution in [-0.4, -0.2) is 23.8 Å². The molecule has 0 aliphatic carbocycles. The zero-order valence-electron chi connectivity index (χ0n) is 3.26. The molecule has 4 heteroatoms. The average molecular weight is 94.1 g/mol. The first-order chi connectivity index (χ1) is 2.27. The van der Waals surface area contributed by atoms with Gasteiger partial charge in [-0.15, -0.1) is 0 Å². The van der Waals surface area contributed by atoms with Gasteiger partial charge in [0.25, 0.3) is 0 Å². The minimum Gasteiger partial charge on any atom is -0.450 e. The Bertz CT molecular complexity index is 40.8. The van der Waals surface area contributed by atoms with Crippen molar-refractivity contribution in [1.29, 1.82) is 0 Å². The molecule has 0 aromatic heterocycles. The van der Waals surface area contributed by atoms with Gasteiger partial charge in [-0.2, -0.15) is 0 Å². The molecule has 0 radical (unpaired) electrons. The Morgan fingerprint density at radius 3 is 2.00 bits per heavy atom. The summed E-state index contributed by atoms with van der Waals surface area (Å²) in [6.45, 7) is 0. The van der Waals surface area contributed by atoms with E-state index in [1.165, 1.54) is 0 Å². The SMILES string of the molecule is COC(=O)O.O. The average Bonchev–Trinajstić information content (AvgIpc) is 1.38. The molecule has 0 unspecified atom stereocenters. The van der Waals surface area contributed by atoms with Crippen molar-refractivity contribution < 1.29 is 20.1 Å². The van der Waals surface area contributed by atoms with Crippen LogP contribution in [0.15, 0.2) is 0 Å². The van der Waals surface area contributed by atoms with Crippen molar-refractivity contribution in [2.45, 2.75) is 0 Å². The summed E-state index contributed by atoms with van der Waals surface area (Å²) in [5.41, 5.74) is 0. The summed E-state index contributed by atoms with van der Waals surface area (Å²) in [5.74, 6) is 0. The fourth-order valence-corrected chi connectivity index (χ4v) is 0. The van der Waals surface area contributed by atoms with Gasteiger partial charge in [-0.3, -0.25) is 0 Å². The fourth-order valence-electron chi connectivity index (χ4n) is 0. The topological polar surface area (TPSA) is 78.0 Å². The second kappa shape index (κ2) is 4.23. The minimum absolute atomic E-state index is 0. The molecule has 0 aromatic rings. The Hall–Kier alpha value is -0.770. The van der Waals surface area contributed by atoms with Crippen LogP contribution in [0.3, 0.4) is 0 Å². The fraction of sp³-hybridized carbons (Fsp3) is 0.500. The molecule has 0 fully saturated rings. The lowest BCUT2D eigenvalue weighted by atomic mass is 11.4. The molecule has 38 valence electrons. The second-order valence-corrected chi connectivity index (χ2v) is 0.470. The maximum atomic E-state index is 9.15. The Morgan fingerprint density at radius 2 is 2.00 bits per heavy atom. The number of ether oxygens (including phenoxy) is 1. The summed E-state index contributed by atoms with van der Waals surface area (Å²) in [6.07, 6.45) is -1.25. The van der Waals surface area contributed by atoms with Crippen LogP contribution in [0.4, 0.5) is 4.79 Å². The van der Waals surface area contributed by atoms with Crippen molar-refractivity contribution in [2.75, 3.05) is 7.11 Å². The van der Waals surface area contributed by atoms with E-state index in [9.17, 15) is 0 Å². The van der Waals surface area contributed by atoms with Crippen LogP contribution in [0.25, 0.3) is 0 Å². The molecular weight excluding hydrogens is 88.0 g/mol. The molecule has 4 nitrogen and oxygen atoms in total. The number of carboxylic acid groups (broad SMARTS) is 1. The van der Waals surface area contributed by atoms with E-state index in [1.807, 2.05) is 0 Å². The van der Waals surface area contributed by atoms with Gasteiger partial charge in [0.15, 0.2) is 0 Å². The van der Waals surface area contributed by atoms with Gasteiger partial charge in [0.1, 0.15) is 0 Å². The first kappa shape index (κ1) is 8.97. The molecule has 0 amide bonds. The molecule has 6 heavy (non-hydrogen) atoms. The Kier molecular flexibility index (Phi) is 6.32. The van der Waals surface area contributed by atoms with Crippen LogP contribution in [0.1, 0.15) is 0 Å². The molecule has 0 aromatic carbocycles. The quantitative estimate of drug-likeness (QED) is 0.410. The van der Waals surface area contributed by atoms with Crippen LogP contribution in [-0.2, 0) is 4.74 Å². The predicted octanol–water partition coefficient (Wildman–Crippen LogP) is -0.514. The molecule has 0 bridgehead atoms. The summed E-state index contributed by atoms with van der Waals surface area (Å²) in [7, 11) is 1.10. The third-order valence-electron chi connectivity index (χ3n) is 0.175.